The van der Waals surface area contributed by atoms with Crippen molar-refractivity contribution in [3.8, 4) is 0 Å². The fraction of sp³-hybridized carbons (Fsp3) is 0.810. The highest BCUT2D eigenvalue weighted by atomic mass is 16.6. The van der Waals surface area contributed by atoms with E-state index in [1.807, 2.05) is 0 Å². The second kappa shape index (κ2) is 58.9. The SMILES string of the molecule is CC/C=C\C/C=C\C/C=C\C/C=C\C/C=C\CCCC(=O)OC(COCCCCCCCCCCCCCCCCCC)COC(=O)CCCCCCCCCCCCCCCCCCCCC. The lowest BCUT2D eigenvalue weighted by molar-refractivity contribution is -0.162. The van der Waals surface area contributed by atoms with E-state index >= 15 is 0 Å². The Bertz CT molecular complexity index is 1170. The average molecular weight is 952 g/mol. The summed E-state index contributed by atoms with van der Waals surface area (Å²) in [7, 11) is 0. The van der Waals surface area contributed by atoms with Gasteiger partial charge in [0.2, 0.25) is 0 Å². The van der Waals surface area contributed by atoms with Gasteiger partial charge >= 0.3 is 11.9 Å². The van der Waals surface area contributed by atoms with Crippen LogP contribution < -0.4 is 0 Å². The lowest BCUT2D eigenvalue weighted by atomic mass is 10.0. The van der Waals surface area contributed by atoms with Crippen molar-refractivity contribution in [2.75, 3.05) is 19.8 Å². The molecule has 0 saturated heterocycles. The predicted octanol–water partition coefficient (Wildman–Crippen LogP) is 20.5. The number of rotatable bonds is 55. The minimum Gasteiger partial charge on any atom is -0.462 e. The van der Waals surface area contributed by atoms with E-state index in [4.69, 9.17) is 14.2 Å². The van der Waals surface area contributed by atoms with Gasteiger partial charge in [-0.1, -0.05) is 293 Å². The number of carbonyl (C=O) groups excluding carboxylic acids is 2. The standard InChI is InChI=1S/C63H114O5/c1-4-7-10-13-16-19-22-25-28-31-32-34-35-38-41-44-47-50-53-56-62(64)67-60-61(59-66-58-55-52-49-46-43-40-37-30-27-24-21-18-15-12-9-6-3)68-63(65)57-54-51-48-45-42-39-36-33-29-26-23-20-17-14-11-8-5-2/h8,11,17,20,26,29,36,39,45,48,61H,4-7,9-10,12-16,18-19,21-25,27-28,30-35,37-38,40-44,46-47,49-60H2,1-3H3/b11-8-,20-17-,29-26-,39-36-,48-45-. The molecule has 0 aliphatic rings. The van der Waals surface area contributed by atoms with Crippen LogP contribution in [-0.2, 0) is 23.8 Å². The van der Waals surface area contributed by atoms with Crippen molar-refractivity contribution >= 4 is 11.9 Å². The molecule has 0 radical (unpaired) electrons. The smallest absolute Gasteiger partial charge is 0.306 e. The number of hydrogen-bond acceptors (Lipinski definition) is 5. The molecule has 1 unspecified atom stereocenters. The molecule has 0 fully saturated rings. The summed E-state index contributed by atoms with van der Waals surface area (Å²) in [6, 6.07) is 0. The zero-order valence-electron chi connectivity index (χ0n) is 45.6. The second-order valence-electron chi connectivity index (χ2n) is 19.9. The average Bonchev–Trinajstić information content (AvgIpc) is 3.34. The van der Waals surface area contributed by atoms with Gasteiger partial charge in [0.25, 0.3) is 0 Å². The first-order valence-electron chi connectivity index (χ1n) is 29.8. The van der Waals surface area contributed by atoms with Gasteiger partial charge in [-0.05, 0) is 57.8 Å². The van der Waals surface area contributed by atoms with Gasteiger partial charge in [-0.15, -0.1) is 0 Å². The van der Waals surface area contributed by atoms with Crippen molar-refractivity contribution in [2.24, 2.45) is 0 Å². The summed E-state index contributed by atoms with van der Waals surface area (Å²) in [6.45, 7) is 7.72. The maximum absolute atomic E-state index is 12.8. The molecule has 0 heterocycles. The third-order valence-electron chi connectivity index (χ3n) is 13.1. The minimum absolute atomic E-state index is 0.0669. The molecule has 0 aromatic heterocycles. The Morgan fingerprint density at radius 2 is 0.662 bits per heavy atom. The molecule has 0 rings (SSSR count). The van der Waals surface area contributed by atoms with E-state index in [0.717, 1.165) is 70.6 Å². The van der Waals surface area contributed by atoms with Gasteiger partial charge in [0.15, 0.2) is 6.10 Å². The van der Waals surface area contributed by atoms with Gasteiger partial charge in [-0.3, -0.25) is 9.59 Å². The van der Waals surface area contributed by atoms with Gasteiger partial charge in [0.05, 0.1) is 6.61 Å². The summed E-state index contributed by atoms with van der Waals surface area (Å²) in [5.74, 6) is -0.447. The fourth-order valence-corrected chi connectivity index (χ4v) is 8.67. The van der Waals surface area contributed by atoms with Crippen LogP contribution in [0.4, 0.5) is 0 Å². The van der Waals surface area contributed by atoms with E-state index in [1.165, 1.54) is 199 Å². The number of carbonyl (C=O) groups is 2. The highest BCUT2D eigenvalue weighted by Gasteiger charge is 2.17. The molecule has 0 spiro atoms. The summed E-state index contributed by atoms with van der Waals surface area (Å²) in [5, 5.41) is 0. The summed E-state index contributed by atoms with van der Waals surface area (Å²) >= 11 is 0. The quantitative estimate of drug-likeness (QED) is 0.0345. The summed E-state index contributed by atoms with van der Waals surface area (Å²) in [4.78, 5) is 25.5. The van der Waals surface area contributed by atoms with Crippen molar-refractivity contribution in [3.63, 3.8) is 0 Å². The van der Waals surface area contributed by atoms with E-state index in [2.05, 4.69) is 81.5 Å². The number of esters is 2. The molecule has 5 heteroatoms. The summed E-state index contributed by atoms with van der Waals surface area (Å²) < 4.78 is 17.5. The number of hydrogen-bond donors (Lipinski definition) is 0. The first-order chi connectivity index (χ1) is 33.6. The van der Waals surface area contributed by atoms with Gasteiger partial charge in [-0.2, -0.15) is 0 Å². The molecule has 0 N–H and O–H groups in total. The molecular weight excluding hydrogens is 837 g/mol. The number of ether oxygens (including phenoxy) is 3. The Morgan fingerprint density at radius 1 is 0.338 bits per heavy atom. The van der Waals surface area contributed by atoms with Gasteiger partial charge < -0.3 is 14.2 Å². The van der Waals surface area contributed by atoms with E-state index < -0.39 is 6.10 Å². The van der Waals surface area contributed by atoms with Gasteiger partial charge in [-0.25, -0.2) is 0 Å². The maximum atomic E-state index is 12.8. The highest BCUT2D eigenvalue weighted by molar-refractivity contribution is 5.70. The first kappa shape index (κ1) is 65.6. The Balaban J connectivity index is 4.30. The monoisotopic (exact) mass is 951 g/mol. The Kier molecular flexibility index (Phi) is 56.8. The van der Waals surface area contributed by atoms with Crippen molar-refractivity contribution in [1.82, 2.24) is 0 Å². The van der Waals surface area contributed by atoms with Crippen LogP contribution in [0.1, 0.15) is 303 Å². The van der Waals surface area contributed by atoms with Crippen LogP contribution in [0.25, 0.3) is 0 Å². The molecule has 396 valence electrons. The Labute approximate surface area is 424 Å². The predicted molar refractivity (Wildman–Crippen MR) is 298 cm³/mol. The van der Waals surface area contributed by atoms with E-state index in [9.17, 15) is 9.59 Å². The lowest BCUT2D eigenvalue weighted by Crippen LogP contribution is -2.30. The Hall–Kier alpha value is -2.40. The molecule has 0 bridgehead atoms. The molecular formula is C63H114O5. The highest BCUT2D eigenvalue weighted by Crippen LogP contribution is 2.17. The maximum Gasteiger partial charge on any atom is 0.306 e. The largest absolute Gasteiger partial charge is 0.462 e. The molecule has 5 nitrogen and oxygen atoms in total. The topological polar surface area (TPSA) is 61.8 Å². The van der Waals surface area contributed by atoms with Crippen molar-refractivity contribution in [3.05, 3.63) is 60.8 Å². The zero-order chi connectivity index (χ0) is 49.2. The molecule has 0 aliphatic heterocycles. The van der Waals surface area contributed by atoms with Crippen LogP contribution in [0.3, 0.4) is 0 Å². The summed E-state index contributed by atoms with van der Waals surface area (Å²) in [6.07, 6.45) is 75.4. The number of unbranched alkanes of at least 4 members (excludes halogenated alkanes) is 34. The van der Waals surface area contributed by atoms with Crippen LogP contribution in [0.15, 0.2) is 60.8 Å². The van der Waals surface area contributed by atoms with Crippen LogP contribution in [0.5, 0.6) is 0 Å². The van der Waals surface area contributed by atoms with Crippen molar-refractivity contribution in [1.29, 1.82) is 0 Å². The van der Waals surface area contributed by atoms with Gasteiger partial charge in [0, 0.05) is 19.4 Å². The summed E-state index contributed by atoms with van der Waals surface area (Å²) in [5.41, 5.74) is 0. The zero-order valence-corrected chi connectivity index (χ0v) is 45.6. The van der Waals surface area contributed by atoms with E-state index in [0.29, 0.717) is 19.4 Å². The number of allylic oxidation sites excluding steroid dienone is 10. The van der Waals surface area contributed by atoms with Crippen LogP contribution in [0.2, 0.25) is 0 Å². The lowest BCUT2D eigenvalue weighted by Gasteiger charge is -2.18. The molecule has 68 heavy (non-hydrogen) atoms. The van der Waals surface area contributed by atoms with Crippen molar-refractivity contribution < 1.29 is 23.8 Å². The molecule has 0 amide bonds. The molecule has 0 aromatic rings. The normalized spacial score (nSPS) is 12.6. The van der Waals surface area contributed by atoms with E-state index in [-0.39, 0.29) is 25.2 Å². The third-order valence-corrected chi connectivity index (χ3v) is 13.1. The van der Waals surface area contributed by atoms with Crippen molar-refractivity contribution in [2.45, 2.75) is 309 Å². The molecule has 0 aliphatic carbocycles. The first-order valence-corrected chi connectivity index (χ1v) is 29.8. The van der Waals surface area contributed by atoms with Gasteiger partial charge in [0.1, 0.15) is 6.61 Å². The van der Waals surface area contributed by atoms with Crippen LogP contribution in [-0.4, -0.2) is 37.9 Å². The molecule has 1 atom stereocenters. The minimum atomic E-state index is -0.564. The molecule has 0 aromatic carbocycles. The van der Waals surface area contributed by atoms with E-state index in [1.54, 1.807) is 0 Å². The molecule has 0 saturated carbocycles. The van der Waals surface area contributed by atoms with Crippen LogP contribution >= 0.6 is 0 Å². The van der Waals surface area contributed by atoms with Crippen LogP contribution in [0, 0.1) is 0 Å². The second-order valence-corrected chi connectivity index (χ2v) is 19.9. The Morgan fingerprint density at radius 3 is 1.04 bits per heavy atom. The third kappa shape index (κ3) is 56.2. The fourth-order valence-electron chi connectivity index (χ4n) is 8.67.